The first-order valence-corrected chi connectivity index (χ1v) is 17.1. The number of benzene rings is 4. The summed E-state index contributed by atoms with van der Waals surface area (Å²) in [7, 11) is 0. The van der Waals surface area contributed by atoms with Crippen molar-refractivity contribution in [2.45, 2.75) is 72.1 Å². The van der Waals surface area contributed by atoms with Crippen LogP contribution in [0.5, 0.6) is 11.5 Å². The van der Waals surface area contributed by atoms with E-state index in [0.717, 1.165) is 46.0 Å². The summed E-state index contributed by atoms with van der Waals surface area (Å²) in [6.07, 6.45) is 3.38. The number of fused-ring (bicyclic) bond motifs is 3. The molecule has 0 aliphatic rings. The van der Waals surface area contributed by atoms with Gasteiger partial charge in [0.15, 0.2) is 0 Å². The molecule has 248 valence electrons. The fraction of sp³-hybridized carbons (Fsp3) is 0.256. The van der Waals surface area contributed by atoms with Crippen LogP contribution in [0.3, 0.4) is 0 Å². The molecule has 0 aliphatic heterocycles. The van der Waals surface area contributed by atoms with Crippen molar-refractivity contribution < 1.29 is 9.13 Å². The van der Waals surface area contributed by atoms with E-state index in [9.17, 15) is 4.39 Å². The van der Waals surface area contributed by atoms with E-state index in [1.54, 1.807) is 0 Å². The van der Waals surface area contributed by atoms with Crippen LogP contribution in [-0.2, 0) is 17.3 Å². The molecule has 0 saturated heterocycles. The standard InChI is InChI=1S/C43H43FN4O/c1-8-12-36-40(28-17-19-29(20-18-28)42(2,3)4)41(43(5,6)7)48(46-36)31-13-11-14-32(26-31)49-33-21-22-35-34-15-9-10-16-37(34)47(38(35)27-33)39-25-30(44)23-24-45-39/h9-11,13-27H,8,12H2,1-7H3. The summed E-state index contributed by atoms with van der Waals surface area (Å²) in [6.45, 7) is 15.7. The van der Waals surface area contributed by atoms with Crippen molar-refractivity contribution in [3.63, 3.8) is 0 Å². The van der Waals surface area contributed by atoms with Gasteiger partial charge in [0.2, 0.25) is 0 Å². The highest BCUT2D eigenvalue weighted by Gasteiger charge is 2.29. The van der Waals surface area contributed by atoms with Gasteiger partial charge in [-0.1, -0.05) is 103 Å². The molecule has 3 aromatic heterocycles. The lowest BCUT2D eigenvalue weighted by molar-refractivity contribution is 0.482. The molecule has 0 radical (unpaired) electrons. The topological polar surface area (TPSA) is 44.9 Å². The van der Waals surface area contributed by atoms with E-state index in [2.05, 4.69) is 107 Å². The lowest BCUT2D eigenvalue weighted by Crippen LogP contribution is -2.18. The molecule has 0 fully saturated rings. The van der Waals surface area contributed by atoms with Gasteiger partial charge in [0.05, 0.1) is 28.1 Å². The maximum atomic E-state index is 14.3. The van der Waals surface area contributed by atoms with Crippen molar-refractivity contribution in [1.82, 2.24) is 19.3 Å². The van der Waals surface area contributed by atoms with Crippen LogP contribution >= 0.6 is 0 Å². The lowest BCUT2D eigenvalue weighted by atomic mass is 9.83. The van der Waals surface area contributed by atoms with Crippen molar-refractivity contribution in [2.24, 2.45) is 0 Å². The van der Waals surface area contributed by atoms with Crippen LogP contribution in [0.1, 0.15) is 71.8 Å². The molecule has 0 amide bonds. The molecular formula is C43H43FN4O. The van der Waals surface area contributed by atoms with Gasteiger partial charge in [-0.15, -0.1) is 0 Å². The number of aryl methyl sites for hydroxylation is 1. The maximum Gasteiger partial charge on any atom is 0.140 e. The molecule has 6 heteroatoms. The van der Waals surface area contributed by atoms with E-state index in [4.69, 9.17) is 9.84 Å². The van der Waals surface area contributed by atoms with Gasteiger partial charge in [-0.25, -0.2) is 14.1 Å². The monoisotopic (exact) mass is 650 g/mol. The van der Waals surface area contributed by atoms with Crippen molar-refractivity contribution in [2.75, 3.05) is 0 Å². The minimum atomic E-state index is -0.333. The SMILES string of the molecule is CCCc1nn(-c2cccc(Oc3ccc4c5ccccc5n(-c5cc(F)ccn5)c4c3)c2)c(C(C)(C)C)c1-c1ccc(C(C)(C)C)cc1. The average Bonchev–Trinajstić information content (AvgIpc) is 3.61. The molecule has 7 rings (SSSR count). The summed E-state index contributed by atoms with van der Waals surface area (Å²) < 4.78 is 25.0. The van der Waals surface area contributed by atoms with Crippen LogP contribution in [0.2, 0.25) is 0 Å². The minimum absolute atomic E-state index is 0.0830. The summed E-state index contributed by atoms with van der Waals surface area (Å²) >= 11 is 0. The normalized spacial score (nSPS) is 12.2. The molecule has 49 heavy (non-hydrogen) atoms. The first-order valence-electron chi connectivity index (χ1n) is 17.1. The summed E-state index contributed by atoms with van der Waals surface area (Å²) in [4.78, 5) is 4.50. The number of ether oxygens (including phenoxy) is 1. The molecule has 0 N–H and O–H groups in total. The van der Waals surface area contributed by atoms with E-state index in [1.165, 1.54) is 40.7 Å². The molecule has 7 aromatic rings. The van der Waals surface area contributed by atoms with Gasteiger partial charge in [0, 0.05) is 46.1 Å². The van der Waals surface area contributed by atoms with Crippen LogP contribution in [0, 0.1) is 5.82 Å². The average molecular weight is 651 g/mol. The number of para-hydroxylation sites is 1. The van der Waals surface area contributed by atoms with E-state index in [-0.39, 0.29) is 16.6 Å². The highest BCUT2D eigenvalue weighted by atomic mass is 19.1. The fourth-order valence-corrected chi connectivity index (χ4v) is 6.79. The first-order chi connectivity index (χ1) is 23.4. The second-order valence-corrected chi connectivity index (χ2v) is 14.9. The Morgan fingerprint density at radius 3 is 2.16 bits per heavy atom. The second-order valence-electron chi connectivity index (χ2n) is 14.9. The van der Waals surface area contributed by atoms with Crippen molar-refractivity contribution in [1.29, 1.82) is 0 Å². The summed E-state index contributed by atoms with van der Waals surface area (Å²) in [6, 6.07) is 34.1. The third-order valence-electron chi connectivity index (χ3n) is 9.07. The third-order valence-corrected chi connectivity index (χ3v) is 9.07. The zero-order chi connectivity index (χ0) is 34.5. The minimum Gasteiger partial charge on any atom is -0.457 e. The Balaban J connectivity index is 1.31. The van der Waals surface area contributed by atoms with Crippen LogP contribution in [-0.4, -0.2) is 19.3 Å². The van der Waals surface area contributed by atoms with E-state index in [0.29, 0.717) is 17.3 Å². The molecule has 0 spiro atoms. The summed E-state index contributed by atoms with van der Waals surface area (Å²) in [5, 5.41) is 7.38. The quantitative estimate of drug-likeness (QED) is 0.172. The Labute approximate surface area is 288 Å². The molecule has 5 nitrogen and oxygen atoms in total. The number of rotatable bonds is 7. The predicted octanol–water partition coefficient (Wildman–Crippen LogP) is 11.5. The van der Waals surface area contributed by atoms with Crippen LogP contribution in [0.4, 0.5) is 4.39 Å². The van der Waals surface area contributed by atoms with Crippen LogP contribution in [0.15, 0.2) is 109 Å². The molecule has 0 bridgehead atoms. The lowest BCUT2D eigenvalue weighted by Gasteiger charge is -2.24. The first kappa shape index (κ1) is 32.3. The number of aromatic nitrogens is 4. The van der Waals surface area contributed by atoms with Gasteiger partial charge >= 0.3 is 0 Å². The Bertz CT molecular complexity index is 2300. The third kappa shape index (κ3) is 6.12. The number of halogens is 1. The van der Waals surface area contributed by atoms with Gasteiger partial charge in [0.25, 0.3) is 0 Å². The zero-order valence-electron chi connectivity index (χ0n) is 29.4. The zero-order valence-corrected chi connectivity index (χ0v) is 29.4. The molecule has 0 unspecified atom stereocenters. The Morgan fingerprint density at radius 1 is 0.714 bits per heavy atom. The molecule has 4 aromatic carbocycles. The Morgan fingerprint density at radius 2 is 1.45 bits per heavy atom. The second kappa shape index (κ2) is 12.3. The number of nitrogens with zero attached hydrogens (tertiary/aromatic N) is 4. The van der Waals surface area contributed by atoms with Gasteiger partial charge in [-0.05, 0) is 59.4 Å². The van der Waals surface area contributed by atoms with E-state index < -0.39 is 0 Å². The molecular weight excluding hydrogens is 607 g/mol. The van der Waals surface area contributed by atoms with Gasteiger partial charge in [-0.3, -0.25) is 4.57 Å². The van der Waals surface area contributed by atoms with Crippen LogP contribution in [0.25, 0.3) is 44.4 Å². The van der Waals surface area contributed by atoms with E-state index >= 15 is 0 Å². The highest BCUT2D eigenvalue weighted by Crippen LogP contribution is 2.40. The molecule has 0 atom stereocenters. The predicted molar refractivity (Wildman–Crippen MR) is 199 cm³/mol. The van der Waals surface area contributed by atoms with Gasteiger partial charge in [-0.2, -0.15) is 5.10 Å². The summed E-state index contributed by atoms with van der Waals surface area (Å²) in [5.74, 6) is 1.56. The number of hydrogen-bond acceptors (Lipinski definition) is 3. The largest absolute Gasteiger partial charge is 0.457 e. The van der Waals surface area contributed by atoms with Crippen LogP contribution < -0.4 is 4.74 Å². The summed E-state index contributed by atoms with van der Waals surface area (Å²) in [5.41, 5.74) is 8.68. The molecule has 0 aliphatic carbocycles. The van der Waals surface area contributed by atoms with Gasteiger partial charge < -0.3 is 4.74 Å². The van der Waals surface area contributed by atoms with Crippen molar-refractivity contribution in [3.05, 3.63) is 132 Å². The maximum absolute atomic E-state index is 14.3. The van der Waals surface area contributed by atoms with Crippen molar-refractivity contribution in [3.8, 4) is 34.1 Å². The number of hydrogen-bond donors (Lipinski definition) is 0. The number of pyridine rings is 1. The highest BCUT2D eigenvalue weighted by molar-refractivity contribution is 6.09. The smallest absolute Gasteiger partial charge is 0.140 e. The molecule has 0 saturated carbocycles. The Hall–Kier alpha value is -5.23. The fourth-order valence-electron chi connectivity index (χ4n) is 6.79. The van der Waals surface area contributed by atoms with Gasteiger partial charge in [0.1, 0.15) is 23.1 Å². The van der Waals surface area contributed by atoms with Crippen molar-refractivity contribution >= 4 is 21.8 Å². The molecule has 3 heterocycles. The van der Waals surface area contributed by atoms with E-state index in [1.807, 2.05) is 47.0 Å². The Kier molecular flexibility index (Phi) is 8.14.